The molecule has 8 nitrogen and oxygen atoms in total. The van der Waals surface area contributed by atoms with Gasteiger partial charge in [-0.05, 0) is 91.3 Å². The van der Waals surface area contributed by atoms with Crippen LogP contribution in [0.1, 0.15) is 62.9 Å². The molecule has 0 aliphatic carbocycles. The van der Waals surface area contributed by atoms with Crippen LogP contribution in [0.4, 0.5) is 5.95 Å². The normalized spacial score (nSPS) is 17.6. The van der Waals surface area contributed by atoms with Gasteiger partial charge >= 0.3 is 5.97 Å². The van der Waals surface area contributed by atoms with Crippen molar-refractivity contribution in [3.05, 3.63) is 76.7 Å². The minimum Gasteiger partial charge on any atom is -0.463 e. The summed E-state index contributed by atoms with van der Waals surface area (Å²) in [4.78, 5) is 26.0. The number of benzene rings is 2. The van der Waals surface area contributed by atoms with Crippen molar-refractivity contribution >= 4 is 45.3 Å². The summed E-state index contributed by atoms with van der Waals surface area (Å²) in [5, 5.41) is 7.83. The average Bonchev–Trinajstić information content (AvgIpc) is 3.80. The second-order valence-electron chi connectivity index (χ2n) is 12.6. The molecule has 44 heavy (non-hydrogen) atoms. The van der Waals surface area contributed by atoms with E-state index < -0.39 is 0 Å². The van der Waals surface area contributed by atoms with Gasteiger partial charge in [0.25, 0.3) is 0 Å². The van der Waals surface area contributed by atoms with Crippen molar-refractivity contribution in [2.45, 2.75) is 58.0 Å². The van der Waals surface area contributed by atoms with Crippen LogP contribution >= 0.6 is 11.3 Å². The molecule has 0 unspecified atom stereocenters. The van der Waals surface area contributed by atoms with Crippen LogP contribution in [0.2, 0.25) is 0 Å². The highest BCUT2D eigenvalue weighted by molar-refractivity contribution is 7.07. The van der Waals surface area contributed by atoms with Gasteiger partial charge in [-0.3, -0.25) is 4.79 Å². The van der Waals surface area contributed by atoms with E-state index in [2.05, 4.69) is 86.4 Å². The molecule has 5 aromatic rings. The van der Waals surface area contributed by atoms with Crippen molar-refractivity contribution in [3.8, 4) is 0 Å². The number of nitrogens with zero attached hydrogens (tertiary/aromatic N) is 5. The topological polar surface area (TPSA) is 77.2 Å². The van der Waals surface area contributed by atoms with Gasteiger partial charge < -0.3 is 24.1 Å². The first-order valence-electron chi connectivity index (χ1n) is 16.1. The number of anilines is 1. The molecule has 0 radical (unpaired) electrons. The van der Waals surface area contributed by atoms with Crippen LogP contribution in [0.25, 0.3) is 22.1 Å². The van der Waals surface area contributed by atoms with Gasteiger partial charge in [0.1, 0.15) is 12.4 Å². The zero-order valence-electron chi connectivity index (χ0n) is 25.7. The third-order valence-corrected chi connectivity index (χ3v) is 10.2. The fraction of sp³-hybridized carbons (Fsp3) is 0.457. The van der Waals surface area contributed by atoms with Crippen LogP contribution in [0, 0.1) is 11.8 Å². The molecule has 9 heteroatoms. The summed E-state index contributed by atoms with van der Waals surface area (Å²) in [5.41, 5.74) is 5.59. The number of piperidine rings is 2. The highest BCUT2D eigenvalue weighted by Crippen LogP contribution is 2.35. The molecule has 0 amide bonds. The van der Waals surface area contributed by atoms with E-state index in [0.717, 1.165) is 92.2 Å². The third-order valence-electron chi connectivity index (χ3n) is 9.46. The van der Waals surface area contributed by atoms with E-state index in [0.29, 0.717) is 12.5 Å². The number of rotatable bonds is 9. The number of carbonyl (C=O) groups is 1. The lowest BCUT2D eigenvalue weighted by molar-refractivity contribution is -0.151. The number of aromatic nitrogens is 4. The maximum atomic E-state index is 13.6. The van der Waals surface area contributed by atoms with Crippen molar-refractivity contribution in [3.63, 3.8) is 0 Å². The van der Waals surface area contributed by atoms with Crippen LogP contribution in [0.3, 0.4) is 0 Å². The number of ether oxygens (including phenoxy) is 1. The van der Waals surface area contributed by atoms with E-state index in [1.165, 1.54) is 5.56 Å². The van der Waals surface area contributed by atoms with E-state index in [1.807, 2.05) is 12.1 Å². The molecule has 2 aliphatic rings. The lowest BCUT2D eigenvalue weighted by atomic mass is 9.89. The van der Waals surface area contributed by atoms with E-state index >= 15 is 0 Å². The summed E-state index contributed by atoms with van der Waals surface area (Å²) < 4.78 is 11.0. The van der Waals surface area contributed by atoms with Crippen LogP contribution in [-0.4, -0.2) is 57.9 Å². The fourth-order valence-corrected chi connectivity index (χ4v) is 7.76. The fourth-order valence-electron chi connectivity index (χ4n) is 7.10. The number of thiophene rings is 1. The van der Waals surface area contributed by atoms with Crippen LogP contribution in [-0.2, 0) is 16.1 Å². The molecule has 1 atom stereocenters. The summed E-state index contributed by atoms with van der Waals surface area (Å²) >= 11 is 1.72. The molecule has 5 heterocycles. The monoisotopic (exact) mass is 610 g/mol. The zero-order valence-corrected chi connectivity index (χ0v) is 26.5. The van der Waals surface area contributed by atoms with Gasteiger partial charge in [0.2, 0.25) is 5.95 Å². The first kappa shape index (κ1) is 29.0. The lowest BCUT2D eigenvalue weighted by Gasteiger charge is -2.34. The number of hydrogen-bond acceptors (Lipinski definition) is 7. The Labute approximate surface area is 263 Å². The van der Waals surface area contributed by atoms with Gasteiger partial charge in [-0.15, -0.1) is 0 Å². The van der Waals surface area contributed by atoms with Gasteiger partial charge in [-0.1, -0.05) is 38.1 Å². The number of hydrogen-bond donors (Lipinski definition) is 1. The summed E-state index contributed by atoms with van der Waals surface area (Å²) in [7, 11) is 0. The number of para-hydroxylation sites is 4. The molecule has 2 saturated heterocycles. The van der Waals surface area contributed by atoms with Crippen LogP contribution in [0.15, 0.2) is 65.4 Å². The quantitative estimate of drug-likeness (QED) is 0.189. The summed E-state index contributed by atoms with van der Waals surface area (Å²) in [6.07, 6.45) is 3.67. The molecular weight excluding hydrogens is 568 g/mol. The minimum absolute atomic E-state index is 0.0640. The highest BCUT2D eigenvalue weighted by Gasteiger charge is 2.33. The first-order valence-corrected chi connectivity index (χ1v) is 17.1. The largest absolute Gasteiger partial charge is 0.463 e. The van der Waals surface area contributed by atoms with Crippen LogP contribution < -0.4 is 10.2 Å². The Hall–Kier alpha value is -3.69. The van der Waals surface area contributed by atoms with Gasteiger partial charge in [0, 0.05) is 19.0 Å². The van der Waals surface area contributed by atoms with Crippen molar-refractivity contribution in [1.82, 2.24) is 24.4 Å². The Morgan fingerprint density at radius 1 is 0.955 bits per heavy atom. The van der Waals surface area contributed by atoms with Gasteiger partial charge in [0.05, 0.1) is 40.6 Å². The standard InChI is InChI=1S/C35H42N6O2S/c1-24(2)33-37-29-8-4-6-10-31(29)41(33)32(26-11-16-36-17-12-26)22-43-34(42)27-13-18-39(19-14-27)35-38-28-7-3-5-9-30(28)40(35)21-25-15-20-44-23-25/h3-10,15,20,23-24,26-27,32,36H,11-14,16-19,21-22H2,1-2H3/t32-/m1/s1. The number of nitrogens with one attached hydrogen (secondary N) is 1. The minimum atomic E-state index is -0.0984. The van der Waals surface area contributed by atoms with Crippen molar-refractivity contribution in [2.75, 3.05) is 37.7 Å². The molecule has 0 spiro atoms. The Kier molecular flexibility index (Phi) is 8.41. The molecule has 2 aromatic carbocycles. The first-order chi connectivity index (χ1) is 21.6. The molecule has 0 saturated carbocycles. The van der Waals surface area contributed by atoms with Crippen molar-refractivity contribution in [1.29, 1.82) is 0 Å². The Morgan fingerprint density at radius 2 is 1.66 bits per heavy atom. The Morgan fingerprint density at radius 3 is 2.36 bits per heavy atom. The molecule has 230 valence electrons. The second kappa shape index (κ2) is 12.7. The Bertz CT molecular complexity index is 1710. The van der Waals surface area contributed by atoms with Crippen molar-refractivity contribution < 1.29 is 9.53 Å². The number of carbonyl (C=O) groups excluding carboxylic acids is 1. The Balaban J connectivity index is 1.06. The summed E-state index contributed by atoms with van der Waals surface area (Å²) in [6, 6.07) is 19.0. The maximum absolute atomic E-state index is 13.6. The number of fused-ring (bicyclic) bond motifs is 2. The average molecular weight is 611 g/mol. The van der Waals surface area contributed by atoms with Crippen molar-refractivity contribution in [2.24, 2.45) is 11.8 Å². The van der Waals surface area contributed by atoms with E-state index in [-0.39, 0.29) is 23.8 Å². The zero-order chi connectivity index (χ0) is 30.0. The van der Waals surface area contributed by atoms with E-state index in [9.17, 15) is 4.79 Å². The predicted octanol–water partition coefficient (Wildman–Crippen LogP) is 6.62. The predicted molar refractivity (Wildman–Crippen MR) is 178 cm³/mol. The number of imidazole rings is 2. The summed E-state index contributed by atoms with van der Waals surface area (Å²) in [5.74, 6) is 2.60. The van der Waals surface area contributed by atoms with Gasteiger partial charge in [-0.25, -0.2) is 9.97 Å². The molecular formula is C35H42N6O2S. The molecule has 1 N–H and O–H groups in total. The maximum Gasteiger partial charge on any atom is 0.309 e. The molecule has 2 aliphatic heterocycles. The highest BCUT2D eigenvalue weighted by atomic mass is 32.1. The van der Waals surface area contributed by atoms with E-state index in [4.69, 9.17) is 14.7 Å². The number of esters is 1. The van der Waals surface area contributed by atoms with Gasteiger partial charge in [-0.2, -0.15) is 11.3 Å². The third kappa shape index (κ3) is 5.75. The molecule has 0 bridgehead atoms. The molecule has 7 rings (SSSR count). The molecule has 2 fully saturated rings. The molecule has 3 aromatic heterocycles. The SMILES string of the molecule is CC(C)c1nc2ccccc2n1[C@H](COC(=O)C1CCN(c2nc3ccccc3n2Cc2ccsc2)CC1)C1CCNCC1. The van der Waals surface area contributed by atoms with Gasteiger partial charge in [0.15, 0.2) is 0 Å². The summed E-state index contributed by atoms with van der Waals surface area (Å²) in [6.45, 7) is 9.14. The smallest absolute Gasteiger partial charge is 0.309 e. The van der Waals surface area contributed by atoms with Crippen LogP contribution in [0.5, 0.6) is 0 Å². The lowest BCUT2D eigenvalue weighted by Crippen LogP contribution is -2.39. The van der Waals surface area contributed by atoms with E-state index in [1.54, 1.807) is 11.3 Å². The second-order valence-corrected chi connectivity index (χ2v) is 13.4.